The van der Waals surface area contributed by atoms with Gasteiger partial charge in [-0.25, -0.2) is 4.79 Å². The standard InChI is InChI=1S/C17H25NO2/c1-14-9-10-15(2)18(13-14)11-6-12-20-17(19)16-7-4-3-5-8-16/h3-5,7-8,14-15H,6,9-13H2,1-2H3. The van der Waals surface area contributed by atoms with E-state index < -0.39 is 0 Å². The second-order valence-electron chi connectivity index (χ2n) is 5.88. The van der Waals surface area contributed by atoms with Gasteiger partial charge < -0.3 is 9.64 Å². The molecule has 1 saturated heterocycles. The van der Waals surface area contributed by atoms with Crippen molar-refractivity contribution in [2.75, 3.05) is 19.7 Å². The van der Waals surface area contributed by atoms with Gasteiger partial charge in [-0.1, -0.05) is 25.1 Å². The van der Waals surface area contributed by atoms with E-state index in [1.165, 1.54) is 19.4 Å². The Labute approximate surface area is 121 Å². The summed E-state index contributed by atoms with van der Waals surface area (Å²) in [5.74, 6) is 0.573. The minimum absolute atomic E-state index is 0.217. The molecular weight excluding hydrogens is 250 g/mol. The summed E-state index contributed by atoms with van der Waals surface area (Å²) < 4.78 is 5.32. The molecule has 1 fully saturated rings. The third-order valence-corrected chi connectivity index (χ3v) is 4.08. The molecule has 1 heterocycles. The first-order valence-corrected chi connectivity index (χ1v) is 7.63. The van der Waals surface area contributed by atoms with Crippen LogP contribution in [0.3, 0.4) is 0 Å². The normalized spacial score (nSPS) is 23.5. The van der Waals surface area contributed by atoms with Crippen LogP contribution >= 0.6 is 0 Å². The van der Waals surface area contributed by atoms with Crippen LogP contribution in [0, 0.1) is 5.92 Å². The molecule has 1 aromatic rings. The molecule has 2 atom stereocenters. The summed E-state index contributed by atoms with van der Waals surface area (Å²) in [4.78, 5) is 14.3. The van der Waals surface area contributed by atoms with Crippen molar-refractivity contribution in [1.29, 1.82) is 0 Å². The van der Waals surface area contributed by atoms with Crippen LogP contribution in [0.2, 0.25) is 0 Å². The molecule has 0 aliphatic carbocycles. The Morgan fingerprint density at radius 1 is 1.25 bits per heavy atom. The number of carbonyl (C=O) groups excluding carboxylic acids is 1. The molecule has 1 aromatic carbocycles. The maximum atomic E-state index is 11.8. The number of piperidine rings is 1. The highest BCUT2D eigenvalue weighted by atomic mass is 16.5. The predicted octanol–water partition coefficient (Wildman–Crippen LogP) is 3.35. The number of hydrogen-bond acceptors (Lipinski definition) is 3. The first kappa shape index (κ1) is 15.0. The molecule has 1 aliphatic rings. The van der Waals surface area contributed by atoms with Crippen LogP contribution in [0.25, 0.3) is 0 Å². The lowest BCUT2D eigenvalue weighted by atomic mass is 9.95. The highest BCUT2D eigenvalue weighted by Gasteiger charge is 2.22. The zero-order valence-corrected chi connectivity index (χ0v) is 12.5. The van der Waals surface area contributed by atoms with Crippen LogP contribution in [0.5, 0.6) is 0 Å². The number of likely N-dealkylation sites (tertiary alicyclic amines) is 1. The topological polar surface area (TPSA) is 29.5 Å². The number of carbonyl (C=O) groups is 1. The molecule has 0 aromatic heterocycles. The van der Waals surface area contributed by atoms with Crippen LogP contribution in [0.1, 0.15) is 43.5 Å². The molecule has 0 bridgehead atoms. The van der Waals surface area contributed by atoms with Gasteiger partial charge in [-0.2, -0.15) is 0 Å². The fourth-order valence-corrected chi connectivity index (χ4v) is 2.78. The van der Waals surface area contributed by atoms with E-state index in [9.17, 15) is 4.79 Å². The van der Waals surface area contributed by atoms with Crippen molar-refractivity contribution in [3.8, 4) is 0 Å². The summed E-state index contributed by atoms with van der Waals surface area (Å²) in [6, 6.07) is 9.85. The molecule has 0 N–H and O–H groups in total. The van der Waals surface area contributed by atoms with Gasteiger partial charge in [0.25, 0.3) is 0 Å². The van der Waals surface area contributed by atoms with Crippen molar-refractivity contribution >= 4 is 5.97 Å². The largest absolute Gasteiger partial charge is 0.462 e. The summed E-state index contributed by atoms with van der Waals surface area (Å²) in [5, 5.41) is 0. The van der Waals surface area contributed by atoms with E-state index in [1.54, 1.807) is 12.1 Å². The van der Waals surface area contributed by atoms with Gasteiger partial charge in [-0.15, -0.1) is 0 Å². The first-order valence-electron chi connectivity index (χ1n) is 7.63. The Morgan fingerprint density at radius 2 is 2.00 bits per heavy atom. The summed E-state index contributed by atoms with van der Waals surface area (Å²) in [6.45, 7) is 7.31. The molecular formula is C17H25NO2. The number of hydrogen-bond donors (Lipinski definition) is 0. The summed E-state index contributed by atoms with van der Waals surface area (Å²) in [7, 11) is 0. The van der Waals surface area contributed by atoms with E-state index in [2.05, 4.69) is 18.7 Å². The predicted molar refractivity (Wildman–Crippen MR) is 80.8 cm³/mol. The maximum absolute atomic E-state index is 11.8. The molecule has 3 heteroatoms. The fourth-order valence-electron chi connectivity index (χ4n) is 2.78. The third-order valence-electron chi connectivity index (χ3n) is 4.08. The van der Waals surface area contributed by atoms with E-state index >= 15 is 0 Å². The Balaban J connectivity index is 1.67. The molecule has 110 valence electrons. The molecule has 20 heavy (non-hydrogen) atoms. The van der Waals surface area contributed by atoms with Crippen molar-refractivity contribution in [3.05, 3.63) is 35.9 Å². The number of esters is 1. The second-order valence-corrected chi connectivity index (χ2v) is 5.88. The molecule has 0 saturated carbocycles. The molecule has 2 rings (SSSR count). The molecule has 3 nitrogen and oxygen atoms in total. The van der Waals surface area contributed by atoms with Crippen molar-refractivity contribution in [2.24, 2.45) is 5.92 Å². The highest BCUT2D eigenvalue weighted by Crippen LogP contribution is 2.21. The van der Waals surface area contributed by atoms with Gasteiger partial charge in [-0.05, 0) is 44.2 Å². The molecule has 0 amide bonds. The lowest BCUT2D eigenvalue weighted by Gasteiger charge is -2.36. The van der Waals surface area contributed by atoms with Gasteiger partial charge in [0.2, 0.25) is 0 Å². The minimum atomic E-state index is -0.217. The van der Waals surface area contributed by atoms with E-state index in [4.69, 9.17) is 4.74 Å². The zero-order chi connectivity index (χ0) is 14.4. The lowest BCUT2D eigenvalue weighted by molar-refractivity contribution is 0.0465. The lowest BCUT2D eigenvalue weighted by Crippen LogP contribution is -2.41. The Kier molecular flexibility index (Phi) is 5.60. The average Bonchev–Trinajstić information content (AvgIpc) is 2.47. The molecule has 0 spiro atoms. The first-order chi connectivity index (χ1) is 9.66. The number of nitrogens with zero attached hydrogens (tertiary/aromatic N) is 1. The average molecular weight is 275 g/mol. The minimum Gasteiger partial charge on any atom is -0.462 e. The summed E-state index contributed by atoms with van der Waals surface area (Å²) in [5.41, 5.74) is 0.632. The Morgan fingerprint density at radius 3 is 2.75 bits per heavy atom. The Bertz CT molecular complexity index is 418. The number of ether oxygens (including phenoxy) is 1. The van der Waals surface area contributed by atoms with E-state index in [0.29, 0.717) is 18.2 Å². The number of benzene rings is 1. The maximum Gasteiger partial charge on any atom is 0.338 e. The highest BCUT2D eigenvalue weighted by molar-refractivity contribution is 5.89. The van der Waals surface area contributed by atoms with Gasteiger partial charge >= 0.3 is 5.97 Å². The van der Waals surface area contributed by atoms with Crippen molar-refractivity contribution in [1.82, 2.24) is 4.90 Å². The monoisotopic (exact) mass is 275 g/mol. The second kappa shape index (κ2) is 7.44. The third kappa shape index (κ3) is 4.34. The molecule has 2 unspecified atom stereocenters. The van der Waals surface area contributed by atoms with Gasteiger partial charge in [0.1, 0.15) is 0 Å². The van der Waals surface area contributed by atoms with E-state index in [0.717, 1.165) is 18.9 Å². The van der Waals surface area contributed by atoms with Gasteiger partial charge in [0.15, 0.2) is 0 Å². The molecule has 1 aliphatic heterocycles. The van der Waals surface area contributed by atoms with Crippen LogP contribution in [0.4, 0.5) is 0 Å². The quantitative estimate of drug-likeness (QED) is 0.609. The van der Waals surface area contributed by atoms with Crippen LogP contribution in [0.15, 0.2) is 30.3 Å². The SMILES string of the molecule is CC1CCC(C)N(CCCOC(=O)c2ccccc2)C1. The van der Waals surface area contributed by atoms with E-state index in [1.807, 2.05) is 18.2 Å². The Hall–Kier alpha value is -1.35. The smallest absolute Gasteiger partial charge is 0.338 e. The zero-order valence-electron chi connectivity index (χ0n) is 12.5. The van der Waals surface area contributed by atoms with Gasteiger partial charge in [-0.3, -0.25) is 0 Å². The van der Waals surface area contributed by atoms with Gasteiger partial charge in [0.05, 0.1) is 12.2 Å². The van der Waals surface area contributed by atoms with Crippen molar-refractivity contribution in [2.45, 2.75) is 39.2 Å². The van der Waals surface area contributed by atoms with Crippen LogP contribution < -0.4 is 0 Å². The van der Waals surface area contributed by atoms with Gasteiger partial charge in [0, 0.05) is 19.1 Å². The summed E-state index contributed by atoms with van der Waals surface area (Å²) >= 11 is 0. The summed E-state index contributed by atoms with van der Waals surface area (Å²) in [6.07, 6.45) is 3.53. The van der Waals surface area contributed by atoms with Crippen molar-refractivity contribution in [3.63, 3.8) is 0 Å². The van der Waals surface area contributed by atoms with Crippen LogP contribution in [-0.2, 0) is 4.74 Å². The van der Waals surface area contributed by atoms with Crippen molar-refractivity contribution < 1.29 is 9.53 Å². The van der Waals surface area contributed by atoms with Crippen LogP contribution in [-0.4, -0.2) is 36.6 Å². The molecule has 0 radical (unpaired) electrons. The fraction of sp³-hybridized carbons (Fsp3) is 0.588. The van der Waals surface area contributed by atoms with E-state index in [-0.39, 0.29) is 5.97 Å². The number of rotatable bonds is 5.